The fourth-order valence-corrected chi connectivity index (χ4v) is 1.78. The van der Waals surface area contributed by atoms with Gasteiger partial charge in [-0.3, -0.25) is 19.5 Å². The topological polar surface area (TPSA) is 83.4 Å². The Bertz CT molecular complexity index is 651. The number of rotatable bonds is 4. The molecular weight excluding hydrogens is 270 g/mol. The molecule has 0 aliphatic rings. The van der Waals surface area contributed by atoms with E-state index in [0.717, 1.165) is 5.56 Å². The van der Waals surface area contributed by atoms with Crippen molar-refractivity contribution in [2.45, 2.75) is 13.8 Å². The van der Waals surface area contributed by atoms with E-state index >= 15 is 0 Å². The van der Waals surface area contributed by atoms with Crippen molar-refractivity contribution in [2.24, 2.45) is 0 Å². The lowest BCUT2D eigenvalue weighted by molar-refractivity contribution is -0.135. The molecular formula is C15H15N3O3. The number of hydrogen-bond donors (Lipinski definition) is 1. The van der Waals surface area contributed by atoms with Crippen molar-refractivity contribution in [3.63, 3.8) is 0 Å². The van der Waals surface area contributed by atoms with Crippen molar-refractivity contribution >= 4 is 17.6 Å². The molecule has 0 unspecified atom stereocenters. The van der Waals surface area contributed by atoms with Gasteiger partial charge >= 0.3 is 5.97 Å². The molecule has 108 valence electrons. The summed E-state index contributed by atoms with van der Waals surface area (Å²) >= 11 is 0. The van der Waals surface area contributed by atoms with Gasteiger partial charge in [0.1, 0.15) is 12.2 Å². The van der Waals surface area contributed by atoms with Gasteiger partial charge < -0.3 is 5.11 Å². The lowest BCUT2D eigenvalue weighted by atomic mass is 10.2. The van der Waals surface area contributed by atoms with Crippen molar-refractivity contribution in [1.82, 2.24) is 9.97 Å². The number of carbonyl (C=O) groups is 2. The number of benzene rings is 1. The number of carbonyl (C=O) groups excluding carboxylic acids is 1. The highest BCUT2D eigenvalue weighted by atomic mass is 16.4. The van der Waals surface area contributed by atoms with Crippen LogP contribution in [0.2, 0.25) is 0 Å². The third kappa shape index (κ3) is 3.62. The molecule has 6 nitrogen and oxygen atoms in total. The smallest absolute Gasteiger partial charge is 0.323 e. The third-order valence-electron chi connectivity index (χ3n) is 2.88. The molecule has 6 heteroatoms. The highest BCUT2D eigenvalue weighted by molar-refractivity contribution is 6.06. The first-order chi connectivity index (χ1) is 9.97. The lowest BCUT2D eigenvalue weighted by Gasteiger charge is -2.20. The van der Waals surface area contributed by atoms with E-state index in [4.69, 9.17) is 5.11 Å². The molecule has 1 heterocycles. The number of carboxylic acid groups (broad SMARTS) is 1. The summed E-state index contributed by atoms with van der Waals surface area (Å²) in [5, 5.41) is 9.01. The van der Waals surface area contributed by atoms with Crippen molar-refractivity contribution in [1.29, 1.82) is 0 Å². The van der Waals surface area contributed by atoms with Gasteiger partial charge in [-0.15, -0.1) is 0 Å². The highest BCUT2D eigenvalue weighted by Gasteiger charge is 2.21. The molecule has 1 amide bonds. The predicted molar refractivity (Wildman–Crippen MR) is 77.3 cm³/mol. The van der Waals surface area contributed by atoms with Crippen molar-refractivity contribution in [3.8, 4) is 0 Å². The summed E-state index contributed by atoms with van der Waals surface area (Å²) in [6.45, 7) is 3.24. The van der Waals surface area contributed by atoms with Crippen LogP contribution in [0.3, 0.4) is 0 Å². The third-order valence-corrected chi connectivity index (χ3v) is 2.88. The zero-order chi connectivity index (χ0) is 15.4. The Morgan fingerprint density at radius 2 is 1.76 bits per heavy atom. The monoisotopic (exact) mass is 285 g/mol. The van der Waals surface area contributed by atoms with Crippen LogP contribution in [-0.4, -0.2) is 33.5 Å². The summed E-state index contributed by atoms with van der Waals surface area (Å²) in [4.78, 5) is 32.6. The van der Waals surface area contributed by atoms with E-state index in [2.05, 4.69) is 9.97 Å². The Balaban J connectivity index is 2.35. The van der Waals surface area contributed by atoms with Crippen LogP contribution < -0.4 is 4.90 Å². The molecule has 1 N–H and O–H groups in total. The lowest BCUT2D eigenvalue weighted by Crippen LogP contribution is -2.36. The van der Waals surface area contributed by atoms with Crippen LogP contribution in [0, 0.1) is 13.8 Å². The number of aryl methyl sites for hydroxylation is 2. The largest absolute Gasteiger partial charge is 0.480 e. The molecule has 0 aliphatic heterocycles. The van der Waals surface area contributed by atoms with E-state index in [-0.39, 0.29) is 5.69 Å². The molecule has 0 spiro atoms. The van der Waals surface area contributed by atoms with Gasteiger partial charge in [0.2, 0.25) is 0 Å². The number of aliphatic carboxylic acids is 1. The zero-order valence-electron chi connectivity index (χ0n) is 11.8. The molecule has 21 heavy (non-hydrogen) atoms. The second-order valence-electron chi connectivity index (χ2n) is 4.66. The summed E-state index contributed by atoms with van der Waals surface area (Å²) in [5.74, 6) is -1.59. The van der Waals surface area contributed by atoms with Crippen LogP contribution in [0.4, 0.5) is 5.69 Å². The molecule has 0 aliphatic carbocycles. The van der Waals surface area contributed by atoms with Crippen molar-refractivity contribution in [3.05, 3.63) is 53.6 Å². The van der Waals surface area contributed by atoms with E-state index in [1.54, 1.807) is 19.1 Å². The Labute approximate surface area is 122 Å². The average Bonchev–Trinajstić information content (AvgIpc) is 2.46. The molecule has 2 rings (SSSR count). The van der Waals surface area contributed by atoms with E-state index in [9.17, 15) is 9.59 Å². The van der Waals surface area contributed by atoms with Gasteiger partial charge in [0.25, 0.3) is 5.91 Å². The second-order valence-corrected chi connectivity index (χ2v) is 4.66. The summed E-state index contributed by atoms with van der Waals surface area (Å²) in [6, 6.07) is 7.05. The number of aromatic nitrogens is 2. The van der Waals surface area contributed by atoms with Gasteiger partial charge in [-0.2, -0.15) is 0 Å². The van der Waals surface area contributed by atoms with Gasteiger partial charge in [0.05, 0.1) is 11.9 Å². The Morgan fingerprint density at radius 3 is 2.29 bits per heavy atom. The van der Waals surface area contributed by atoms with Crippen LogP contribution in [0.1, 0.15) is 21.7 Å². The van der Waals surface area contributed by atoms with Crippen LogP contribution >= 0.6 is 0 Å². The number of nitrogens with zero attached hydrogens (tertiary/aromatic N) is 3. The Hall–Kier alpha value is -2.76. The zero-order valence-corrected chi connectivity index (χ0v) is 11.8. The fraction of sp³-hybridized carbons (Fsp3) is 0.200. The molecule has 1 aromatic heterocycles. The minimum Gasteiger partial charge on any atom is -0.480 e. The number of carboxylic acids is 1. The summed E-state index contributed by atoms with van der Waals surface area (Å²) in [5.41, 5.74) is 2.33. The minimum atomic E-state index is -1.09. The summed E-state index contributed by atoms with van der Waals surface area (Å²) in [6.07, 6.45) is 2.82. The summed E-state index contributed by atoms with van der Waals surface area (Å²) in [7, 11) is 0. The van der Waals surface area contributed by atoms with Crippen LogP contribution in [0.15, 0.2) is 36.7 Å². The van der Waals surface area contributed by atoms with Crippen LogP contribution in [0.5, 0.6) is 0 Å². The van der Waals surface area contributed by atoms with Crippen molar-refractivity contribution < 1.29 is 14.7 Å². The SMILES string of the molecule is Cc1ccc(N(CC(=O)O)C(=O)c2cnc(C)cn2)cc1. The maximum Gasteiger partial charge on any atom is 0.323 e. The average molecular weight is 285 g/mol. The van der Waals surface area contributed by atoms with Crippen molar-refractivity contribution in [2.75, 3.05) is 11.4 Å². The van der Waals surface area contributed by atoms with Gasteiger partial charge in [0.15, 0.2) is 0 Å². The molecule has 0 fully saturated rings. The normalized spacial score (nSPS) is 10.2. The standard InChI is InChI=1S/C15H15N3O3/c1-10-3-5-12(6-4-10)18(9-14(19)20)15(21)13-8-16-11(2)7-17-13/h3-8H,9H2,1-2H3,(H,19,20). The highest BCUT2D eigenvalue weighted by Crippen LogP contribution is 2.17. The molecule has 0 saturated heterocycles. The summed E-state index contributed by atoms with van der Waals surface area (Å²) < 4.78 is 0. The maximum absolute atomic E-state index is 12.4. The first-order valence-corrected chi connectivity index (χ1v) is 6.36. The second kappa shape index (κ2) is 6.13. The molecule has 1 aromatic carbocycles. The minimum absolute atomic E-state index is 0.113. The number of amides is 1. The maximum atomic E-state index is 12.4. The van der Waals surface area contributed by atoms with Gasteiger partial charge in [-0.05, 0) is 26.0 Å². The van der Waals surface area contributed by atoms with Crippen LogP contribution in [0.25, 0.3) is 0 Å². The number of anilines is 1. The van der Waals surface area contributed by atoms with Crippen LogP contribution in [-0.2, 0) is 4.79 Å². The van der Waals surface area contributed by atoms with Gasteiger partial charge in [-0.1, -0.05) is 17.7 Å². The first-order valence-electron chi connectivity index (χ1n) is 6.36. The van der Waals surface area contributed by atoms with Gasteiger partial charge in [-0.25, -0.2) is 4.98 Å². The number of hydrogen-bond acceptors (Lipinski definition) is 4. The fourth-order valence-electron chi connectivity index (χ4n) is 1.78. The predicted octanol–water partition coefficient (Wildman–Crippen LogP) is 1.82. The molecule has 0 atom stereocenters. The Morgan fingerprint density at radius 1 is 1.10 bits per heavy atom. The van der Waals surface area contributed by atoms with E-state index in [1.165, 1.54) is 17.3 Å². The van der Waals surface area contributed by atoms with E-state index in [0.29, 0.717) is 11.4 Å². The molecule has 2 aromatic rings. The molecule has 0 radical (unpaired) electrons. The van der Waals surface area contributed by atoms with Gasteiger partial charge in [0, 0.05) is 11.9 Å². The quantitative estimate of drug-likeness (QED) is 0.926. The first kappa shape index (κ1) is 14.6. The van der Waals surface area contributed by atoms with E-state index in [1.807, 2.05) is 19.1 Å². The Kier molecular flexibility index (Phi) is 4.27. The molecule has 0 saturated carbocycles. The van der Waals surface area contributed by atoms with E-state index < -0.39 is 18.4 Å². The molecule has 0 bridgehead atoms.